The molecule has 0 saturated heterocycles. The van der Waals surface area contributed by atoms with Crippen LogP contribution in [0.15, 0.2) is 48.5 Å². The van der Waals surface area contributed by atoms with E-state index in [-0.39, 0.29) is 39.4 Å². The lowest BCUT2D eigenvalue weighted by molar-refractivity contribution is 0.0911. The molecule has 10 heteroatoms. The van der Waals surface area contributed by atoms with Gasteiger partial charge in [0.15, 0.2) is 0 Å². The minimum atomic E-state index is -0.638. The Bertz CT molecular complexity index is 1110. The molecule has 3 heterocycles. The summed E-state index contributed by atoms with van der Waals surface area (Å²) in [5, 5.41) is -0.377. The van der Waals surface area contributed by atoms with E-state index in [1.165, 1.54) is 24.3 Å². The SMILES string of the molecule is O=C1c2ccccc2C(=O)N1c1nc(Cl)nc(N2C(=O)c3ccccc3C2=O)n1. The highest BCUT2D eigenvalue weighted by Crippen LogP contribution is 2.30. The van der Waals surface area contributed by atoms with E-state index in [1.54, 1.807) is 24.3 Å². The molecule has 29 heavy (non-hydrogen) atoms. The summed E-state index contributed by atoms with van der Waals surface area (Å²) in [6.07, 6.45) is 0. The van der Waals surface area contributed by atoms with Crippen LogP contribution < -0.4 is 9.80 Å². The number of fused-ring (bicyclic) bond motifs is 2. The number of imide groups is 2. The van der Waals surface area contributed by atoms with Crippen LogP contribution in [0.3, 0.4) is 0 Å². The van der Waals surface area contributed by atoms with Crippen molar-refractivity contribution in [3.63, 3.8) is 0 Å². The molecule has 0 bridgehead atoms. The molecule has 4 amide bonds. The summed E-state index contributed by atoms with van der Waals surface area (Å²) < 4.78 is 0. The number of benzene rings is 2. The zero-order chi connectivity index (χ0) is 20.3. The van der Waals surface area contributed by atoms with Crippen LogP contribution in [0.1, 0.15) is 41.4 Å². The van der Waals surface area contributed by atoms with Crippen molar-refractivity contribution in [2.24, 2.45) is 0 Å². The van der Waals surface area contributed by atoms with Crippen LogP contribution in [0.5, 0.6) is 0 Å². The molecule has 0 N–H and O–H groups in total. The summed E-state index contributed by atoms with van der Waals surface area (Å²) >= 11 is 5.96. The lowest BCUT2D eigenvalue weighted by Crippen LogP contribution is -2.34. The number of nitrogens with zero attached hydrogens (tertiary/aromatic N) is 5. The van der Waals surface area contributed by atoms with Crippen LogP contribution in [0.25, 0.3) is 0 Å². The van der Waals surface area contributed by atoms with Crippen molar-refractivity contribution in [1.29, 1.82) is 0 Å². The highest BCUT2D eigenvalue weighted by molar-refractivity contribution is 6.35. The van der Waals surface area contributed by atoms with Gasteiger partial charge in [0.1, 0.15) is 0 Å². The fourth-order valence-electron chi connectivity index (χ4n) is 3.27. The van der Waals surface area contributed by atoms with Crippen LogP contribution >= 0.6 is 11.6 Å². The van der Waals surface area contributed by atoms with Crippen molar-refractivity contribution in [2.45, 2.75) is 0 Å². The lowest BCUT2D eigenvalue weighted by Gasteiger charge is -2.16. The maximum atomic E-state index is 12.7. The fraction of sp³-hybridized carbons (Fsp3) is 0. The third kappa shape index (κ3) is 2.38. The Morgan fingerprint density at radius 3 is 1.17 bits per heavy atom. The third-order valence-electron chi connectivity index (χ3n) is 4.57. The van der Waals surface area contributed by atoms with E-state index >= 15 is 0 Å². The second-order valence-corrected chi connectivity index (χ2v) is 6.53. The predicted octanol–water partition coefficient (Wildman–Crippen LogP) is 2.13. The molecule has 2 aliphatic rings. The summed E-state index contributed by atoms with van der Waals surface area (Å²) in [5.41, 5.74) is 0.764. The summed E-state index contributed by atoms with van der Waals surface area (Å²) in [6, 6.07) is 12.5. The first kappa shape index (κ1) is 17.1. The molecule has 0 saturated carbocycles. The molecule has 2 aromatic carbocycles. The van der Waals surface area contributed by atoms with Gasteiger partial charge in [-0.3, -0.25) is 19.2 Å². The van der Waals surface area contributed by atoms with E-state index in [0.29, 0.717) is 0 Å². The Labute approximate surface area is 167 Å². The highest BCUT2D eigenvalue weighted by Gasteiger charge is 2.41. The van der Waals surface area contributed by atoms with Gasteiger partial charge in [0, 0.05) is 0 Å². The Kier molecular flexibility index (Phi) is 3.55. The van der Waals surface area contributed by atoms with E-state index in [1.807, 2.05) is 0 Å². The maximum Gasteiger partial charge on any atom is 0.268 e. The highest BCUT2D eigenvalue weighted by atomic mass is 35.5. The third-order valence-corrected chi connectivity index (χ3v) is 4.74. The number of hydrogen-bond donors (Lipinski definition) is 0. The number of halogens is 1. The van der Waals surface area contributed by atoms with Crippen LogP contribution in [-0.4, -0.2) is 38.6 Å². The van der Waals surface area contributed by atoms with Gasteiger partial charge in [0.2, 0.25) is 17.2 Å². The topological polar surface area (TPSA) is 113 Å². The van der Waals surface area contributed by atoms with Crippen LogP contribution in [0.4, 0.5) is 11.9 Å². The van der Waals surface area contributed by atoms with Crippen molar-refractivity contribution in [3.8, 4) is 0 Å². The molecular formula is C19H8ClN5O4. The van der Waals surface area contributed by atoms with E-state index in [2.05, 4.69) is 15.0 Å². The molecule has 0 unspecified atom stereocenters. The van der Waals surface area contributed by atoms with Gasteiger partial charge in [-0.05, 0) is 35.9 Å². The van der Waals surface area contributed by atoms with Crippen molar-refractivity contribution in [1.82, 2.24) is 15.0 Å². The standard InChI is InChI=1S/C19H8ClN5O4/c20-17-21-18(24-13(26)9-5-1-2-6-10(9)14(24)27)23-19(22-17)25-15(28)11-7-3-4-8-12(11)16(25)29/h1-8H. The number of carbonyl (C=O) groups excluding carboxylic acids is 4. The molecule has 3 aromatic rings. The summed E-state index contributed by atoms with van der Waals surface area (Å²) in [6.45, 7) is 0. The first-order chi connectivity index (χ1) is 14.0. The Morgan fingerprint density at radius 1 is 0.552 bits per heavy atom. The fourth-order valence-corrected chi connectivity index (χ4v) is 3.42. The number of hydrogen-bond acceptors (Lipinski definition) is 7. The Morgan fingerprint density at radius 2 is 0.862 bits per heavy atom. The Balaban J connectivity index is 1.60. The van der Waals surface area contributed by atoms with Crippen LogP contribution in [0, 0.1) is 0 Å². The first-order valence-electron chi connectivity index (χ1n) is 8.34. The molecule has 2 aliphatic heterocycles. The van der Waals surface area contributed by atoms with Crippen LogP contribution in [0.2, 0.25) is 5.28 Å². The second kappa shape index (κ2) is 6.01. The molecule has 5 rings (SSSR count). The number of amides is 4. The maximum absolute atomic E-state index is 12.7. The lowest BCUT2D eigenvalue weighted by atomic mass is 10.1. The van der Waals surface area contributed by atoms with E-state index in [0.717, 1.165) is 9.80 Å². The smallest absolute Gasteiger partial charge is 0.268 e. The average molecular weight is 406 g/mol. The zero-order valence-electron chi connectivity index (χ0n) is 14.4. The molecule has 0 aliphatic carbocycles. The van der Waals surface area contributed by atoms with Crippen molar-refractivity contribution in [3.05, 3.63) is 76.1 Å². The predicted molar refractivity (Wildman–Crippen MR) is 100 cm³/mol. The van der Waals surface area contributed by atoms with E-state index in [4.69, 9.17) is 11.6 Å². The van der Waals surface area contributed by atoms with Gasteiger partial charge < -0.3 is 0 Å². The normalized spacial score (nSPS) is 15.2. The van der Waals surface area contributed by atoms with Crippen molar-refractivity contribution < 1.29 is 19.2 Å². The molecule has 0 atom stereocenters. The van der Waals surface area contributed by atoms with Gasteiger partial charge in [-0.15, -0.1) is 0 Å². The summed E-state index contributed by atoms with van der Waals surface area (Å²) in [5.74, 6) is -3.30. The van der Waals surface area contributed by atoms with Gasteiger partial charge in [-0.1, -0.05) is 24.3 Å². The average Bonchev–Trinajstić information content (AvgIpc) is 3.13. The quantitative estimate of drug-likeness (QED) is 0.600. The van der Waals surface area contributed by atoms with E-state index in [9.17, 15) is 19.2 Å². The minimum Gasteiger partial charge on any atom is -0.268 e. The van der Waals surface area contributed by atoms with E-state index < -0.39 is 23.6 Å². The van der Waals surface area contributed by atoms with Gasteiger partial charge >= 0.3 is 0 Å². The van der Waals surface area contributed by atoms with Crippen LogP contribution in [-0.2, 0) is 0 Å². The van der Waals surface area contributed by atoms with Crippen molar-refractivity contribution >= 4 is 47.1 Å². The summed E-state index contributed by atoms with van der Waals surface area (Å²) in [7, 11) is 0. The van der Waals surface area contributed by atoms with Gasteiger partial charge in [-0.2, -0.15) is 15.0 Å². The first-order valence-corrected chi connectivity index (χ1v) is 8.72. The Hall–Kier alpha value is -3.98. The largest absolute Gasteiger partial charge is 0.268 e. The zero-order valence-corrected chi connectivity index (χ0v) is 15.1. The van der Waals surface area contributed by atoms with Crippen molar-refractivity contribution in [2.75, 3.05) is 9.80 Å². The molecule has 9 nitrogen and oxygen atoms in total. The second-order valence-electron chi connectivity index (χ2n) is 6.19. The van der Waals surface area contributed by atoms with Gasteiger partial charge in [0.05, 0.1) is 22.3 Å². The molecule has 1 aromatic heterocycles. The van der Waals surface area contributed by atoms with Gasteiger partial charge in [-0.25, -0.2) is 9.80 Å². The van der Waals surface area contributed by atoms with Gasteiger partial charge in [0.25, 0.3) is 23.6 Å². The number of aromatic nitrogens is 3. The molecular weight excluding hydrogens is 398 g/mol. The number of rotatable bonds is 2. The molecule has 0 fully saturated rings. The number of carbonyl (C=O) groups is 4. The minimum absolute atomic E-state index is 0.191. The molecule has 0 spiro atoms. The summed E-state index contributed by atoms with van der Waals surface area (Å²) in [4.78, 5) is 63.9. The number of anilines is 2. The monoisotopic (exact) mass is 405 g/mol. The molecule has 140 valence electrons. The molecule has 0 radical (unpaired) electrons.